The van der Waals surface area contributed by atoms with Gasteiger partial charge >= 0.3 is 0 Å². The molecule has 2 N–H and O–H groups in total. The van der Waals surface area contributed by atoms with E-state index in [0.717, 1.165) is 17.8 Å². The van der Waals surface area contributed by atoms with Crippen LogP contribution in [0.3, 0.4) is 0 Å². The number of benzene rings is 1. The number of rotatable bonds is 5. The first-order valence-electron chi connectivity index (χ1n) is 7.63. The highest BCUT2D eigenvalue weighted by Gasteiger charge is 2.39. The van der Waals surface area contributed by atoms with Crippen molar-refractivity contribution in [2.24, 2.45) is 11.8 Å². The average Bonchev–Trinajstić information content (AvgIpc) is 3.09. The van der Waals surface area contributed by atoms with Crippen molar-refractivity contribution in [1.29, 1.82) is 0 Å². The molecule has 124 valence electrons. The van der Waals surface area contributed by atoms with Gasteiger partial charge in [-0.2, -0.15) is 0 Å². The third-order valence-corrected chi connectivity index (χ3v) is 4.93. The largest absolute Gasteiger partial charge is 0.326 e. The number of thiazole rings is 1. The molecule has 1 aromatic heterocycles. The standard InChI is InChI=1S/C17H17N3O3S/c1-9-6-13(9)16(23)19-12-5-3-4-11(7-12)15(22)20-17-18-8-14(24-17)10(2)21/h3-5,7-9,13H,6H2,1-2H3,(H,19,23)(H,18,20,22). The van der Waals surface area contributed by atoms with E-state index in [4.69, 9.17) is 0 Å². The number of carbonyl (C=O) groups excluding carboxylic acids is 3. The molecule has 0 spiro atoms. The molecule has 0 aliphatic heterocycles. The van der Waals surface area contributed by atoms with Crippen molar-refractivity contribution in [3.8, 4) is 0 Å². The number of nitrogens with zero attached hydrogens (tertiary/aromatic N) is 1. The summed E-state index contributed by atoms with van der Waals surface area (Å²) in [7, 11) is 0. The summed E-state index contributed by atoms with van der Waals surface area (Å²) in [6.45, 7) is 3.49. The molecule has 1 aliphatic carbocycles. The summed E-state index contributed by atoms with van der Waals surface area (Å²) >= 11 is 1.13. The van der Waals surface area contributed by atoms with Crippen molar-refractivity contribution in [3.05, 3.63) is 40.9 Å². The van der Waals surface area contributed by atoms with E-state index in [1.165, 1.54) is 13.1 Å². The Balaban J connectivity index is 1.67. The lowest BCUT2D eigenvalue weighted by Gasteiger charge is -2.07. The van der Waals surface area contributed by atoms with Gasteiger partial charge in [0.15, 0.2) is 10.9 Å². The number of ketones is 1. The van der Waals surface area contributed by atoms with Crippen LogP contribution in [-0.4, -0.2) is 22.6 Å². The van der Waals surface area contributed by atoms with Crippen LogP contribution >= 0.6 is 11.3 Å². The lowest BCUT2D eigenvalue weighted by molar-refractivity contribution is -0.117. The van der Waals surface area contributed by atoms with Gasteiger partial charge in [0.05, 0.1) is 11.1 Å². The third-order valence-electron chi connectivity index (χ3n) is 3.91. The van der Waals surface area contributed by atoms with Crippen molar-refractivity contribution in [2.45, 2.75) is 20.3 Å². The van der Waals surface area contributed by atoms with Crippen molar-refractivity contribution >= 4 is 39.8 Å². The van der Waals surface area contributed by atoms with Gasteiger partial charge in [-0.15, -0.1) is 0 Å². The maximum Gasteiger partial charge on any atom is 0.257 e. The van der Waals surface area contributed by atoms with Crippen LogP contribution in [-0.2, 0) is 4.79 Å². The van der Waals surface area contributed by atoms with Crippen LogP contribution in [0.15, 0.2) is 30.5 Å². The van der Waals surface area contributed by atoms with Crippen molar-refractivity contribution in [2.75, 3.05) is 10.6 Å². The lowest BCUT2D eigenvalue weighted by atomic mass is 10.2. The van der Waals surface area contributed by atoms with Crippen LogP contribution < -0.4 is 10.6 Å². The van der Waals surface area contributed by atoms with Gasteiger partial charge in [-0.25, -0.2) is 4.98 Å². The average molecular weight is 343 g/mol. The molecule has 0 radical (unpaired) electrons. The summed E-state index contributed by atoms with van der Waals surface area (Å²) in [6.07, 6.45) is 2.35. The molecule has 3 rings (SSSR count). The van der Waals surface area contributed by atoms with Gasteiger partial charge in [0.2, 0.25) is 5.91 Å². The molecule has 0 saturated heterocycles. The first-order chi connectivity index (χ1) is 11.4. The highest BCUT2D eigenvalue weighted by atomic mass is 32.1. The Morgan fingerprint density at radius 2 is 2.00 bits per heavy atom. The normalized spacial score (nSPS) is 18.8. The van der Waals surface area contributed by atoms with E-state index in [-0.39, 0.29) is 23.5 Å². The molecule has 1 saturated carbocycles. The summed E-state index contributed by atoms with van der Waals surface area (Å²) in [6, 6.07) is 6.74. The molecule has 1 aliphatic rings. The molecule has 24 heavy (non-hydrogen) atoms. The minimum Gasteiger partial charge on any atom is -0.326 e. The van der Waals surface area contributed by atoms with E-state index in [1.54, 1.807) is 24.3 Å². The van der Waals surface area contributed by atoms with Gasteiger partial charge in [0, 0.05) is 24.1 Å². The van der Waals surface area contributed by atoms with Gasteiger partial charge in [0.1, 0.15) is 0 Å². The smallest absolute Gasteiger partial charge is 0.257 e. The number of aromatic nitrogens is 1. The molecule has 2 amide bonds. The molecule has 7 heteroatoms. The second kappa shape index (κ2) is 6.52. The highest BCUT2D eigenvalue weighted by molar-refractivity contribution is 7.17. The SMILES string of the molecule is CC(=O)c1cnc(NC(=O)c2cccc(NC(=O)C3CC3C)c2)s1. The van der Waals surface area contributed by atoms with Crippen molar-refractivity contribution in [1.82, 2.24) is 4.98 Å². The Morgan fingerprint density at radius 1 is 1.25 bits per heavy atom. The predicted octanol–water partition coefficient (Wildman–Crippen LogP) is 3.19. The van der Waals surface area contributed by atoms with Crippen LogP contribution in [0.5, 0.6) is 0 Å². The monoisotopic (exact) mass is 343 g/mol. The Bertz CT molecular complexity index is 815. The number of hydrogen-bond donors (Lipinski definition) is 2. The Hall–Kier alpha value is -2.54. The number of nitrogens with one attached hydrogen (secondary N) is 2. The maximum absolute atomic E-state index is 12.3. The van der Waals surface area contributed by atoms with E-state index in [2.05, 4.69) is 15.6 Å². The van der Waals surface area contributed by atoms with Crippen LogP contribution in [0.25, 0.3) is 0 Å². The van der Waals surface area contributed by atoms with Crippen molar-refractivity contribution in [3.63, 3.8) is 0 Å². The van der Waals surface area contributed by atoms with Crippen LogP contribution in [0.4, 0.5) is 10.8 Å². The third kappa shape index (κ3) is 3.68. The molecule has 1 heterocycles. The molecular formula is C17H17N3O3S. The summed E-state index contributed by atoms with van der Waals surface area (Å²) in [4.78, 5) is 40.0. The van der Waals surface area contributed by atoms with E-state index < -0.39 is 0 Å². The van der Waals surface area contributed by atoms with E-state index in [1.807, 2.05) is 6.92 Å². The zero-order chi connectivity index (χ0) is 17.3. The molecule has 0 bridgehead atoms. The first-order valence-corrected chi connectivity index (χ1v) is 8.44. The van der Waals surface area contributed by atoms with Gasteiger partial charge in [-0.1, -0.05) is 24.3 Å². The fraction of sp³-hybridized carbons (Fsp3) is 0.294. The fourth-order valence-corrected chi connectivity index (χ4v) is 3.03. The zero-order valence-electron chi connectivity index (χ0n) is 13.3. The topological polar surface area (TPSA) is 88.2 Å². The van der Waals surface area contributed by atoms with E-state index in [9.17, 15) is 14.4 Å². The molecule has 2 atom stereocenters. The number of Topliss-reactive ketones (excluding diaryl/α,β-unsaturated/α-hetero) is 1. The molecule has 2 unspecified atom stereocenters. The summed E-state index contributed by atoms with van der Waals surface area (Å²) in [5.41, 5.74) is 1.01. The quantitative estimate of drug-likeness (QED) is 0.816. The summed E-state index contributed by atoms with van der Waals surface area (Å²) < 4.78 is 0. The Morgan fingerprint density at radius 3 is 2.62 bits per heavy atom. The summed E-state index contributed by atoms with van der Waals surface area (Å²) in [5, 5.41) is 5.86. The number of anilines is 2. The molecule has 1 fully saturated rings. The second-order valence-electron chi connectivity index (χ2n) is 5.93. The minimum atomic E-state index is -0.338. The van der Waals surface area contributed by atoms with Crippen LogP contribution in [0.1, 0.15) is 40.3 Å². The number of hydrogen-bond acceptors (Lipinski definition) is 5. The van der Waals surface area contributed by atoms with E-state index in [0.29, 0.717) is 27.2 Å². The molecule has 6 nitrogen and oxygen atoms in total. The zero-order valence-corrected chi connectivity index (χ0v) is 14.1. The molecule has 2 aromatic rings. The number of amides is 2. The van der Waals surface area contributed by atoms with Crippen molar-refractivity contribution < 1.29 is 14.4 Å². The molecule has 1 aromatic carbocycles. The first kappa shape index (κ1) is 16.3. The van der Waals surface area contributed by atoms with E-state index >= 15 is 0 Å². The van der Waals surface area contributed by atoms with Gasteiger partial charge in [-0.3, -0.25) is 19.7 Å². The Kier molecular flexibility index (Phi) is 4.44. The Labute approximate surface area is 143 Å². The fourth-order valence-electron chi connectivity index (χ4n) is 2.32. The highest BCUT2D eigenvalue weighted by Crippen LogP contribution is 2.38. The second-order valence-corrected chi connectivity index (χ2v) is 6.96. The predicted molar refractivity (Wildman–Crippen MR) is 92.4 cm³/mol. The lowest BCUT2D eigenvalue weighted by Crippen LogP contribution is -2.16. The van der Waals surface area contributed by atoms with Crippen LogP contribution in [0.2, 0.25) is 0 Å². The molecular weight excluding hydrogens is 326 g/mol. The van der Waals surface area contributed by atoms with Crippen LogP contribution in [0, 0.1) is 11.8 Å². The van der Waals surface area contributed by atoms with Gasteiger partial charge < -0.3 is 5.32 Å². The van der Waals surface area contributed by atoms with Gasteiger partial charge in [-0.05, 0) is 30.5 Å². The van der Waals surface area contributed by atoms with Gasteiger partial charge in [0.25, 0.3) is 5.91 Å². The summed E-state index contributed by atoms with van der Waals surface area (Å²) in [5.74, 6) is 0.0631. The maximum atomic E-state index is 12.3. The number of carbonyl (C=O) groups is 3. The minimum absolute atomic E-state index is 0.00826.